The fourth-order valence-corrected chi connectivity index (χ4v) is 3.49. The number of aliphatic imine (C=N–C) groups is 1. The molecule has 0 bridgehead atoms. The average Bonchev–Trinajstić information content (AvgIpc) is 2.69. The van der Waals surface area contributed by atoms with Crippen molar-refractivity contribution in [2.75, 3.05) is 12.4 Å². The van der Waals surface area contributed by atoms with Crippen LogP contribution in [0.5, 0.6) is 0 Å². The standard InChI is InChI=1S/C21H22N2O2S/c1-3-25-20(24)17-18(15-11-7-5-8-12-15)22-21(26-4-2)23-19(17)16-13-9-6-10-14-16/h5-14,18H,3-4H2,1-2H3,(H,22,23)/t18-/m0/s1. The van der Waals surface area contributed by atoms with Gasteiger partial charge < -0.3 is 10.1 Å². The summed E-state index contributed by atoms with van der Waals surface area (Å²) >= 11 is 1.63. The molecule has 0 aliphatic carbocycles. The second-order valence-corrected chi connectivity index (χ2v) is 6.93. The Kier molecular flexibility index (Phi) is 6.12. The van der Waals surface area contributed by atoms with Crippen molar-refractivity contribution in [2.45, 2.75) is 19.9 Å². The number of hydrogen-bond acceptors (Lipinski definition) is 5. The molecule has 2 aromatic carbocycles. The van der Waals surface area contributed by atoms with Crippen LogP contribution < -0.4 is 5.32 Å². The van der Waals surface area contributed by atoms with Crippen LogP contribution in [0.15, 0.2) is 71.2 Å². The van der Waals surface area contributed by atoms with E-state index >= 15 is 0 Å². The van der Waals surface area contributed by atoms with Gasteiger partial charge in [0.25, 0.3) is 0 Å². The van der Waals surface area contributed by atoms with E-state index in [2.05, 4.69) is 12.2 Å². The van der Waals surface area contributed by atoms with Gasteiger partial charge in [-0.25, -0.2) is 9.79 Å². The molecule has 2 aromatic rings. The maximum absolute atomic E-state index is 12.8. The van der Waals surface area contributed by atoms with Gasteiger partial charge in [0, 0.05) is 0 Å². The number of amidine groups is 1. The van der Waals surface area contributed by atoms with Crippen molar-refractivity contribution in [3.63, 3.8) is 0 Å². The van der Waals surface area contributed by atoms with Crippen LogP contribution in [-0.4, -0.2) is 23.5 Å². The SMILES string of the molecule is CCOC(=O)C1=C(c2ccccc2)NC(SCC)=N[C@H]1c1ccccc1. The van der Waals surface area contributed by atoms with Crippen LogP contribution in [-0.2, 0) is 9.53 Å². The average molecular weight is 366 g/mol. The molecule has 4 nitrogen and oxygen atoms in total. The van der Waals surface area contributed by atoms with Gasteiger partial charge in [0.2, 0.25) is 0 Å². The van der Waals surface area contributed by atoms with E-state index in [0.29, 0.717) is 12.2 Å². The van der Waals surface area contributed by atoms with Crippen molar-refractivity contribution in [1.29, 1.82) is 0 Å². The summed E-state index contributed by atoms with van der Waals surface area (Å²) in [4.78, 5) is 17.6. The monoisotopic (exact) mass is 366 g/mol. The first-order chi connectivity index (χ1) is 12.7. The third kappa shape index (κ3) is 3.99. The Morgan fingerprint density at radius 1 is 1.08 bits per heavy atom. The minimum Gasteiger partial charge on any atom is -0.463 e. The van der Waals surface area contributed by atoms with Gasteiger partial charge in [0.15, 0.2) is 5.17 Å². The number of ether oxygens (including phenoxy) is 1. The van der Waals surface area contributed by atoms with Crippen molar-refractivity contribution in [3.8, 4) is 0 Å². The molecular weight excluding hydrogens is 344 g/mol. The molecule has 3 rings (SSSR count). The molecular formula is C21H22N2O2S. The van der Waals surface area contributed by atoms with Crippen molar-refractivity contribution < 1.29 is 9.53 Å². The van der Waals surface area contributed by atoms with E-state index in [0.717, 1.165) is 27.7 Å². The molecule has 0 amide bonds. The van der Waals surface area contributed by atoms with Crippen LogP contribution in [0.2, 0.25) is 0 Å². The van der Waals surface area contributed by atoms with Crippen molar-refractivity contribution in [2.24, 2.45) is 4.99 Å². The summed E-state index contributed by atoms with van der Waals surface area (Å²) in [7, 11) is 0. The molecule has 0 unspecified atom stereocenters. The summed E-state index contributed by atoms with van der Waals surface area (Å²) in [6, 6.07) is 19.3. The molecule has 0 spiro atoms. The van der Waals surface area contributed by atoms with E-state index in [4.69, 9.17) is 9.73 Å². The number of nitrogens with zero attached hydrogens (tertiary/aromatic N) is 1. The van der Waals surface area contributed by atoms with Crippen molar-refractivity contribution in [3.05, 3.63) is 77.4 Å². The Morgan fingerprint density at radius 2 is 1.73 bits per heavy atom. The van der Waals surface area contributed by atoms with Crippen LogP contribution >= 0.6 is 11.8 Å². The Hall–Kier alpha value is -2.53. The molecule has 1 atom stereocenters. The highest BCUT2D eigenvalue weighted by molar-refractivity contribution is 8.13. The van der Waals surface area contributed by atoms with Crippen LogP contribution in [0, 0.1) is 0 Å². The largest absolute Gasteiger partial charge is 0.463 e. The van der Waals surface area contributed by atoms with Crippen LogP contribution in [0.4, 0.5) is 0 Å². The van der Waals surface area contributed by atoms with E-state index in [9.17, 15) is 4.79 Å². The summed E-state index contributed by atoms with van der Waals surface area (Å²) in [6.45, 7) is 4.22. The number of hydrogen-bond donors (Lipinski definition) is 1. The first-order valence-corrected chi connectivity index (χ1v) is 9.72. The predicted molar refractivity (Wildman–Crippen MR) is 108 cm³/mol. The second-order valence-electron chi connectivity index (χ2n) is 5.68. The minimum absolute atomic E-state index is 0.326. The summed E-state index contributed by atoms with van der Waals surface area (Å²) in [5, 5.41) is 4.16. The topological polar surface area (TPSA) is 50.7 Å². The normalized spacial score (nSPS) is 16.7. The number of carbonyl (C=O) groups excluding carboxylic acids is 1. The van der Waals surface area contributed by atoms with Gasteiger partial charge in [-0.3, -0.25) is 0 Å². The number of carbonyl (C=O) groups is 1. The lowest BCUT2D eigenvalue weighted by Crippen LogP contribution is -2.31. The lowest BCUT2D eigenvalue weighted by Gasteiger charge is -2.27. The summed E-state index contributed by atoms with van der Waals surface area (Å²) in [6.07, 6.45) is 0. The molecule has 134 valence electrons. The van der Waals surface area contributed by atoms with Crippen LogP contribution in [0.25, 0.3) is 5.70 Å². The van der Waals surface area contributed by atoms with Gasteiger partial charge in [-0.05, 0) is 23.8 Å². The number of benzene rings is 2. The molecule has 0 fully saturated rings. The van der Waals surface area contributed by atoms with Crippen molar-refractivity contribution >= 4 is 28.6 Å². The third-order valence-electron chi connectivity index (χ3n) is 3.98. The molecule has 0 aromatic heterocycles. The zero-order valence-corrected chi connectivity index (χ0v) is 15.8. The summed E-state index contributed by atoms with van der Waals surface area (Å²) in [5.41, 5.74) is 3.23. The minimum atomic E-state index is -0.388. The Balaban J connectivity index is 2.16. The molecule has 26 heavy (non-hydrogen) atoms. The van der Waals surface area contributed by atoms with Gasteiger partial charge in [0.05, 0.1) is 17.9 Å². The maximum Gasteiger partial charge on any atom is 0.338 e. The smallest absolute Gasteiger partial charge is 0.338 e. The van der Waals surface area contributed by atoms with Crippen molar-refractivity contribution in [1.82, 2.24) is 5.32 Å². The number of rotatable bonds is 5. The van der Waals surface area contributed by atoms with E-state index in [1.165, 1.54) is 0 Å². The zero-order valence-electron chi connectivity index (χ0n) is 14.9. The molecule has 1 heterocycles. The highest BCUT2D eigenvalue weighted by Gasteiger charge is 2.32. The second kappa shape index (κ2) is 8.72. The van der Waals surface area contributed by atoms with Crippen LogP contribution in [0.3, 0.4) is 0 Å². The number of nitrogens with one attached hydrogen (secondary N) is 1. The fourth-order valence-electron chi connectivity index (χ4n) is 2.87. The fraction of sp³-hybridized carbons (Fsp3) is 0.238. The van der Waals surface area contributed by atoms with E-state index < -0.39 is 0 Å². The van der Waals surface area contributed by atoms with Gasteiger partial charge in [-0.2, -0.15) is 0 Å². The van der Waals surface area contributed by atoms with Gasteiger partial charge in [-0.1, -0.05) is 79.3 Å². The van der Waals surface area contributed by atoms with Crippen LogP contribution in [0.1, 0.15) is 31.0 Å². The molecule has 0 saturated carbocycles. The summed E-state index contributed by atoms with van der Waals surface area (Å²) < 4.78 is 5.37. The Labute approximate surface area is 158 Å². The van der Waals surface area contributed by atoms with E-state index in [-0.39, 0.29) is 12.0 Å². The first kappa shape index (κ1) is 18.3. The van der Waals surface area contributed by atoms with Gasteiger partial charge in [0.1, 0.15) is 6.04 Å². The summed E-state index contributed by atoms with van der Waals surface area (Å²) in [5.74, 6) is 0.557. The quantitative estimate of drug-likeness (QED) is 0.796. The molecule has 0 saturated heterocycles. The molecule has 1 aliphatic heterocycles. The maximum atomic E-state index is 12.8. The van der Waals surface area contributed by atoms with Gasteiger partial charge in [-0.15, -0.1) is 0 Å². The molecule has 1 aliphatic rings. The Morgan fingerprint density at radius 3 is 2.35 bits per heavy atom. The lowest BCUT2D eigenvalue weighted by molar-refractivity contribution is -0.138. The highest BCUT2D eigenvalue weighted by Crippen LogP contribution is 2.36. The van der Waals surface area contributed by atoms with E-state index in [1.54, 1.807) is 11.8 Å². The number of thioether (sulfide) groups is 1. The number of esters is 1. The molecule has 0 radical (unpaired) electrons. The lowest BCUT2D eigenvalue weighted by atomic mass is 9.94. The molecule has 1 N–H and O–H groups in total. The van der Waals surface area contributed by atoms with E-state index in [1.807, 2.05) is 67.6 Å². The molecule has 5 heteroatoms. The third-order valence-corrected chi connectivity index (χ3v) is 4.74. The Bertz CT molecular complexity index is 816. The predicted octanol–water partition coefficient (Wildman–Crippen LogP) is 4.41. The highest BCUT2D eigenvalue weighted by atomic mass is 32.2. The first-order valence-electron chi connectivity index (χ1n) is 8.73. The van der Waals surface area contributed by atoms with Gasteiger partial charge >= 0.3 is 5.97 Å². The zero-order chi connectivity index (χ0) is 18.4.